The van der Waals surface area contributed by atoms with E-state index >= 15 is 0 Å². The number of benzene rings is 1. The van der Waals surface area contributed by atoms with Crippen LogP contribution < -0.4 is 5.73 Å². The van der Waals surface area contributed by atoms with Gasteiger partial charge < -0.3 is 10.7 Å². The standard InChI is InChI=1S/C12H8BrClN4/c13-6-3-10-12(16-5-6)18-11(17-10)8-4-7(15)1-2-9(8)14/h1-5H,15H2,(H,16,17,18). The highest BCUT2D eigenvalue weighted by Crippen LogP contribution is 2.29. The average Bonchev–Trinajstić information content (AvgIpc) is 2.74. The number of rotatable bonds is 1. The summed E-state index contributed by atoms with van der Waals surface area (Å²) in [7, 11) is 0. The van der Waals surface area contributed by atoms with E-state index in [1.54, 1.807) is 24.4 Å². The Labute approximate surface area is 116 Å². The van der Waals surface area contributed by atoms with Crippen molar-refractivity contribution in [3.63, 3.8) is 0 Å². The van der Waals surface area contributed by atoms with E-state index in [-0.39, 0.29) is 0 Å². The Morgan fingerprint density at radius 2 is 2.11 bits per heavy atom. The zero-order valence-corrected chi connectivity index (χ0v) is 11.5. The molecule has 0 unspecified atom stereocenters. The lowest BCUT2D eigenvalue weighted by molar-refractivity contribution is 1.30. The molecule has 0 aliphatic rings. The Kier molecular flexibility index (Phi) is 2.72. The van der Waals surface area contributed by atoms with Gasteiger partial charge in [0, 0.05) is 21.9 Å². The first kappa shape index (κ1) is 11.5. The van der Waals surface area contributed by atoms with E-state index in [4.69, 9.17) is 17.3 Å². The summed E-state index contributed by atoms with van der Waals surface area (Å²) in [6.45, 7) is 0. The minimum absolute atomic E-state index is 0.599. The first-order valence-electron chi connectivity index (χ1n) is 5.20. The maximum atomic E-state index is 6.14. The average molecular weight is 324 g/mol. The van der Waals surface area contributed by atoms with E-state index < -0.39 is 0 Å². The van der Waals surface area contributed by atoms with Gasteiger partial charge in [-0.25, -0.2) is 9.97 Å². The second kappa shape index (κ2) is 4.26. The molecular formula is C12H8BrClN4. The summed E-state index contributed by atoms with van der Waals surface area (Å²) >= 11 is 9.51. The Bertz CT molecular complexity index is 738. The predicted molar refractivity (Wildman–Crippen MR) is 76.4 cm³/mol. The molecule has 0 spiro atoms. The smallest absolute Gasteiger partial charge is 0.178 e. The van der Waals surface area contributed by atoms with Crippen LogP contribution in [0.1, 0.15) is 0 Å². The molecule has 0 fully saturated rings. The van der Waals surface area contributed by atoms with E-state index in [9.17, 15) is 0 Å². The fourth-order valence-corrected chi connectivity index (χ4v) is 2.26. The van der Waals surface area contributed by atoms with Gasteiger partial charge in [-0.1, -0.05) is 11.6 Å². The fourth-order valence-electron chi connectivity index (χ4n) is 1.73. The van der Waals surface area contributed by atoms with Crippen molar-refractivity contribution < 1.29 is 0 Å². The van der Waals surface area contributed by atoms with Crippen LogP contribution in [0.15, 0.2) is 34.9 Å². The molecule has 0 saturated heterocycles. The highest BCUT2D eigenvalue weighted by molar-refractivity contribution is 9.10. The van der Waals surface area contributed by atoms with Crippen molar-refractivity contribution in [1.29, 1.82) is 0 Å². The number of nitrogens with two attached hydrogens (primary N) is 1. The number of aromatic amines is 1. The molecule has 4 nitrogen and oxygen atoms in total. The number of nitrogen functional groups attached to an aromatic ring is 1. The highest BCUT2D eigenvalue weighted by atomic mass is 79.9. The van der Waals surface area contributed by atoms with Gasteiger partial charge in [0.1, 0.15) is 5.82 Å². The monoisotopic (exact) mass is 322 g/mol. The van der Waals surface area contributed by atoms with Gasteiger partial charge in [-0.3, -0.25) is 0 Å². The molecule has 0 radical (unpaired) electrons. The van der Waals surface area contributed by atoms with Gasteiger partial charge in [0.2, 0.25) is 0 Å². The molecule has 90 valence electrons. The Morgan fingerprint density at radius 3 is 2.94 bits per heavy atom. The molecule has 18 heavy (non-hydrogen) atoms. The van der Waals surface area contributed by atoms with Gasteiger partial charge in [-0.2, -0.15) is 0 Å². The lowest BCUT2D eigenvalue weighted by atomic mass is 10.2. The SMILES string of the molecule is Nc1ccc(Cl)c(-c2nc3ncc(Br)cc3[nH]2)c1. The molecule has 6 heteroatoms. The largest absolute Gasteiger partial charge is 0.399 e. The fraction of sp³-hybridized carbons (Fsp3) is 0. The van der Waals surface area contributed by atoms with Gasteiger partial charge in [0.05, 0.1) is 10.5 Å². The number of aromatic nitrogens is 3. The van der Waals surface area contributed by atoms with Crippen molar-refractivity contribution in [1.82, 2.24) is 15.0 Å². The van der Waals surface area contributed by atoms with Crippen molar-refractivity contribution in [3.8, 4) is 11.4 Å². The summed E-state index contributed by atoms with van der Waals surface area (Å²) in [5.41, 5.74) is 8.66. The Morgan fingerprint density at radius 1 is 1.28 bits per heavy atom. The molecule has 0 aliphatic carbocycles. The second-order valence-corrected chi connectivity index (χ2v) is 5.17. The molecule has 3 N–H and O–H groups in total. The first-order valence-corrected chi connectivity index (χ1v) is 6.37. The molecule has 2 aromatic heterocycles. The topological polar surface area (TPSA) is 67.6 Å². The van der Waals surface area contributed by atoms with Crippen LogP contribution in [0.25, 0.3) is 22.6 Å². The third-order valence-corrected chi connectivity index (χ3v) is 3.31. The molecular weight excluding hydrogens is 316 g/mol. The van der Waals surface area contributed by atoms with Gasteiger partial charge in [-0.15, -0.1) is 0 Å². The molecule has 0 bridgehead atoms. The molecule has 0 saturated carbocycles. The van der Waals surface area contributed by atoms with E-state index in [0.717, 1.165) is 15.6 Å². The molecule has 0 atom stereocenters. The number of pyridine rings is 1. The van der Waals surface area contributed by atoms with Crippen molar-refractivity contribution in [3.05, 3.63) is 40.0 Å². The zero-order valence-electron chi connectivity index (χ0n) is 9.11. The van der Waals surface area contributed by atoms with Gasteiger partial charge >= 0.3 is 0 Å². The van der Waals surface area contributed by atoms with E-state index in [1.807, 2.05) is 6.07 Å². The van der Waals surface area contributed by atoms with Crippen LogP contribution in [-0.2, 0) is 0 Å². The third kappa shape index (κ3) is 1.95. The number of H-pyrrole nitrogens is 1. The van der Waals surface area contributed by atoms with Crippen LogP contribution in [0.5, 0.6) is 0 Å². The lowest BCUT2D eigenvalue weighted by Crippen LogP contribution is -1.87. The summed E-state index contributed by atoms with van der Waals surface area (Å²) in [6, 6.07) is 7.21. The minimum Gasteiger partial charge on any atom is -0.399 e. The molecule has 2 heterocycles. The number of halogens is 2. The summed E-state index contributed by atoms with van der Waals surface area (Å²) < 4.78 is 0.892. The number of anilines is 1. The first-order chi connectivity index (χ1) is 8.63. The van der Waals surface area contributed by atoms with Crippen LogP contribution in [-0.4, -0.2) is 15.0 Å². The van der Waals surface area contributed by atoms with E-state index in [1.165, 1.54) is 0 Å². The van der Waals surface area contributed by atoms with Crippen molar-refractivity contribution in [2.24, 2.45) is 0 Å². The van der Waals surface area contributed by atoms with E-state index in [0.29, 0.717) is 22.2 Å². The minimum atomic E-state index is 0.599. The molecule has 1 aromatic carbocycles. The molecule has 0 aliphatic heterocycles. The maximum Gasteiger partial charge on any atom is 0.178 e. The number of nitrogens with zero attached hydrogens (tertiary/aromatic N) is 2. The second-order valence-electron chi connectivity index (χ2n) is 3.85. The van der Waals surface area contributed by atoms with Crippen LogP contribution in [0.4, 0.5) is 5.69 Å². The quantitative estimate of drug-likeness (QED) is 0.672. The van der Waals surface area contributed by atoms with Crippen molar-refractivity contribution >= 4 is 44.4 Å². The molecule has 3 rings (SSSR count). The van der Waals surface area contributed by atoms with Crippen LogP contribution in [0, 0.1) is 0 Å². The van der Waals surface area contributed by atoms with Crippen molar-refractivity contribution in [2.45, 2.75) is 0 Å². The number of hydrogen-bond donors (Lipinski definition) is 2. The Balaban J connectivity index is 2.22. The number of nitrogens with one attached hydrogen (secondary N) is 1. The summed E-state index contributed by atoms with van der Waals surface area (Å²) in [5, 5.41) is 0.599. The number of fused-ring (bicyclic) bond motifs is 1. The van der Waals surface area contributed by atoms with Crippen LogP contribution >= 0.6 is 27.5 Å². The highest BCUT2D eigenvalue weighted by Gasteiger charge is 2.10. The van der Waals surface area contributed by atoms with E-state index in [2.05, 4.69) is 30.9 Å². The normalized spacial score (nSPS) is 11.0. The zero-order chi connectivity index (χ0) is 12.7. The third-order valence-electron chi connectivity index (χ3n) is 2.55. The van der Waals surface area contributed by atoms with Crippen LogP contribution in [0.2, 0.25) is 5.02 Å². The molecule has 3 aromatic rings. The van der Waals surface area contributed by atoms with Gasteiger partial charge in [-0.05, 0) is 40.2 Å². The maximum absolute atomic E-state index is 6.14. The summed E-state index contributed by atoms with van der Waals surface area (Å²) in [4.78, 5) is 11.8. The summed E-state index contributed by atoms with van der Waals surface area (Å²) in [6.07, 6.45) is 1.70. The van der Waals surface area contributed by atoms with Crippen LogP contribution in [0.3, 0.4) is 0 Å². The lowest BCUT2D eigenvalue weighted by Gasteiger charge is -2.01. The number of imidazole rings is 1. The van der Waals surface area contributed by atoms with Gasteiger partial charge in [0.25, 0.3) is 0 Å². The molecule has 0 amide bonds. The van der Waals surface area contributed by atoms with Gasteiger partial charge in [0.15, 0.2) is 5.65 Å². The number of hydrogen-bond acceptors (Lipinski definition) is 3. The predicted octanol–water partition coefficient (Wildman–Crippen LogP) is 3.62. The Hall–Kier alpha value is -1.59. The summed E-state index contributed by atoms with van der Waals surface area (Å²) in [5.74, 6) is 0.660. The van der Waals surface area contributed by atoms with Crippen molar-refractivity contribution in [2.75, 3.05) is 5.73 Å².